The van der Waals surface area contributed by atoms with Gasteiger partial charge in [-0.1, -0.05) is 0 Å². The van der Waals surface area contributed by atoms with Crippen LogP contribution in [0.5, 0.6) is 0 Å². The van der Waals surface area contributed by atoms with E-state index in [1.54, 1.807) is 0 Å². The van der Waals surface area contributed by atoms with Gasteiger partial charge in [0.2, 0.25) is 0 Å². The third-order valence-electron chi connectivity index (χ3n) is 2.27. The number of carboxylic acids is 1. The first-order chi connectivity index (χ1) is 6.73. The van der Waals surface area contributed by atoms with Crippen LogP contribution in [0, 0.1) is 6.92 Å². The van der Waals surface area contributed by atoms with Crippen LogP contribution in [0.25, 0.3) is 0 Å². The molecule has 0 saturated carbocycles. The minimum absolute atomic E-state index is 0.192. The highest BCUT2D eigenvalue weighted by Gasteiger charge is 2.35. The third-order valence-corrected chi connectivity index (χ3v) is 2.27. The van der Waals surface area contributed by atoms with Crippen molar-refractivity contribution in [1.82, 2.24) is 4.57 Å². The summed E-state index contributed by atoms with van der Waals surface area (Å²) >= 11 is 0. The molecule has 1 heterocycles. The van der Waals surface area contributed by atoms with Crippen LogP contribution in [-0.4, -0.2) is 15.6 Å². The van der Waals surface area contributed by atoms with E-state index in [4.69, 9.17) is 5.11 Å². The smallest absolute Gasteiger partial charge is 0.431 e. The van der Waals surface area contributed by atoms with Crippen LogP contribution < -0.4 is 0 Å². The van der Waals surface area contributed by atoms with Crippen LogP contribution in [0.15, 0.2) is 6.07 Å². The third kappa shape index (κ3) is 2.31. The van der Waals surface area contributed by atoms with Gasteiger partial charge < -0.3 is 9.67 Å². The zero-order valence-electron chi connectivity index (χ0n) is 8.22. The summed E-state index contributed by atoms with van der Waals surface area (Å²) in [5, 5.41) is 8.50. The average Bonchev–Trinajstić information content (AvgIpc) is 2.30. The summed E-state index contributed by atoms with van der Waals surface area (Å²) in [7, 11) is 1.27. The molecule has 0 atom stereocenters. The van der Waals surface area contributed by atoms with E-state index in [1.807, 2.05) is 0 Å². The predicted molar refractivity (Wildman–Crippen MR) is 46.5 cm³/mol. The SMILES string of the molecule is Cc1c(CC(=O)O)cc(C(F)(F)F)n1C. The molecule has 0 aliphatic rings. The lowest BCUT2D eigenvalue weighted by molar-refractivity contribution is -0.143. The van der Waals surface area contributed by atoms with E-state index >= 15 is 0 Å². The molecule has 0 aliphatic carbocycles. The van der Waals surface area contributed by atoms with Crippen LogP contribution in [0.2, 0.25) is 0 Å². The maximum Gasteiger partial charge on any atom is 0.431 e. The number of aliphatic carboxylic acids is 1. The summed E-state index contributed by atoms with van der Waals surface area (Å²) in [5.41, 5.74) is -0.307. The fraction of sp³-hybridized carbons (Fsp3) is 0.444. The van der Waals surface area contributed by atoms with Gasteiger partial charge in [-0.25, -0.2) is 0 Å². The van der Waals surface area contributed by atoms with Crippen molar-refractivity contribution in [1.29, 1.82) is 0 Å². The Morgan fingerprint density at radius 1 is 1.53 bits per heavy atom. The molecule has 6 heteroatoms. The lowest BCUT2D eigenvalue weighted by Gasteiger charge is -2.08. The molecule has 0 saturated heterocycles. The number of carboxylic acid groups (broad SMARTS) is 1. The molecule has 1 N–H and O–H groups in total. The Labute approximate surface area is 84.1 Å². The highest BCUT2D eigenvalue weighted by atomic mass is 19.4. The highest BCUT2D eigenvalue weighted by molar-refractivity contribution is 5.70. The molecule has 84 valence electrons. The van der Waals surface area contributed by atoms with Gasteiger partial charge >= 0.3 is 12.1 Å². The van der Waals surface area contributed by atoms with Gasteiger partial charge in [0.25, 0.3) is 0 Å². The van der Waals surface area contributed by atoms with Gasteiger partial charge in [0.05, 0.1) is 6.42 Å². The Bertz CT molecular complexity index is 393. The van der Waals surface area contributed by atoms with Crippen LogP contribution in [0.3, 0.4) is 0 Å². The van der Waals surface area contributed by atoms with Gasteiger partial charge in [0, 0.05) is 12.7 Å². The lowest BCUT2D eigenvalue weighted by Crippen LogP contribution is -2.11. The summed E-state index contributed by atoms with van der Waals surface area (Å²) in [4.78, 5) is 10.4. The van der Waals surface area contributed by atoms with Gasteiger partial charge in [-0.3, -0.25) is 4.79 Å². The quantitative estimate of drug-likeness (QED) is 0.829. The highest BCUT2D eigenvalue weighted by Crippen LogP contribution is 2.32. The van der Waals surface area contributed by atoms with Crippen LogP contribution in [0.1, 0.15) is 17.0 Å². The van der Waals surface area contributed by atoms with Crippen molar-refractivity contribution in [3.8, 4) is 0 Å². The monoisotopic (exact) mass is 221 g/mol. The second-order valence-corrected chi connectivity index (χ2v) is 3.27. The maximum absolute atomic E-state index is 12.4. The maximum atomic E-state index is 12.4. The molecule has 0 amide bonds. The Hall–Kier alpha value is -1.46. The molecule has 3 nitrogen and oxygen atoms in total. The number of rotatable bonds is 2. The number of hydrogen-bond donors (Lipinski definition) is 1. The number of hydrogen-bond acceptors (Lipinski definition) is 1. The second kappa shape index (κ2) is 3.60. The Kier molecular flexibility index (Phi) is 2.79. The molecule has 0 unspecified atom stereocenters. The zero-order valence-corrected chi connectivity index (χ0v) is 8.22. The summed E-state index contributed by atoms with van der Waals surface area (Å²) in [6.45, 7) is 1.47. The molecule has 0 fully saturated rings. The Balaban J connectivity index is 3.18. The van der Waals surface area contributed by atoms with E-state index in [1.165, 1.54) is 14.0 Å². The molecule has 0 aliphatic heterocycles. The molecule has 0 bridgehead atoms. The minimum Gasteiger partial charge on any atom is -0.481 e. The molecule has 1 rings (SSSR count). The van der Waals surface area contributed by atoms with E-state index in [9.17, 15) is 18.0 Å². The summed E-state index contributed by atoms with van der Waals surface area (Å²) in [5.74, 6) is -1.14. The normalized spacial score (nSPS) is 11.8. The first-order valence-electron chi connectivity index (χ1n) is 4.17. The van der Waals surface area contributed by atoms with Crippen LogP contribution in [0.4, 0.5) is 13.2 Å². The molecule has 1 aromatic rings. The molecule has 1 aromatic heterocycles. The largest absolute Gasteiger partial charge is 0.481 e. The zero-order chi connectivity index (χ0) is 11.8. The number of nitrogens with zero attached hydrogens (tertiary/aromatic N) is 1. The number of carbonyl (C=O) groups is 1. The van der Waals surface area contributed by atoms with Crippen LogP contribution in [-0.2, 0) is 24.4 Å². The molecule has 0 radical (unpaired) electrons. The van der Waals surface area contributed by atoms with Crippen molar-refractivity contribution >= 4 is 5.97 Å². The summed E-state index contributed by atoms with van der Waals surface area (Å²) < 4.78 is 38.2. The van der Waals surface area contributed by atoms with Crippen molar-refractivity contribution < 1.29 is 23.1 Å². The van der Waals surface area contributed by atoms with Crippen LogP contribution >= 0.6 is 0 Å². The fourth-order valence-electron chi connectivity index (χ4n) is 1.38. The van der Waals surface area contributed by atoms with E-state index < -0.39 is 24.3 Å². The summed E-state index contributed by atoms with van der Waals surface area (Å²) in [6.07, 6.45) is -4.84. The van der Waals surface area contributed by atoms with Crippen molar-refractivity contribution in [2.24, 2.45) is 7.05 Å². The van der Waals surface area contributed by atoms with Gasteiger partial charge in [-0.05, 0) is 18.6 Å². The van der Waals surface area contributed by atoms with E-state index in [-0.39, 0.29) is 5.56 Å². The van der Waals surface area contributed by atoms with Gasteiger partial charge in [0.1, 0.15) is 5.69 Å². The lowest BCUT2D eigenvalue weighted by atomic mass is 10.2. The van der Waals surface area contributed by atoms with Gasteiger partial charge in [0.15, 0.2) is 0 Å². The number of aromatic nitrogens is 1. The van der Waals surface area contributed by atoms with Gasteiger partial charge in [-0.2, -0.15) is 13.2 Å². The molecular weight excluding hydrogens is 211 g/mol. The van der Waals surface area contributed by atoms with Crippen molar-refractivity contribution in [2.45, 2.75) is 19.5 Å². The van der Waals surface area contributed by atoms with Crippen molar-refractivity contribution in [2.75, 3.05) is 0 Å². The first-order valence-corrected chi connectivity index (χ1v) is 4.17. The molecule has 0 spiro atoms. The predicted octanol–water partition coefficient (Wildman–Crippen LogP) is 1.98. The molecular formula is C9H10F3NO2. The summed E-state index contributed by atoms with van der Waals surface area (Å²) in [6, 6.07) is 0.878. The number of alkyl halides is 3. The van der Waals surface area contributed by atoms with Crippen molar-refractivity contribution in [3.05, 3.63) is 23.0 Å². The van der Waals surface area contributed by atoms with Crippen molar-refractivity contribution in [3.63, 3.8) is 0 Å². The average molecular weight is 221 g/mol. The molecule has 0 aromatic carbocycles. The van der Waals surface area contributed by atoms with E-state index in [2.05, 4.69) is 0 Å². The van der Waals surface area contributed by atoms with E-state index in [0.717, 1.165) is 10.6 Å². The number of halogens is 3. The second-order valence-electron chi connectivity index (χ2n) is 3.27. The Morgan fingerprint density at radius 2 is 2.07 bits per heavy atom. The molecule has 15 heavy (non-hydrogen) atoms. The Morgan fingerprint density at radius 3 is 2.40 bits per heavy atom. The standard InChI is InChI=1S/C9H10F3NO2/c1-5-6(4-8(14)15)3-7(13(5)2)9(10,11)12/h3H,4H2,1-2H3,(H,14,15). The van der Waals surface area contributed by atoms with Gasteiger partial charge in [-0.15, -0.1) is 0 Å². The first kappa shape index (κ1) is 11.6. The van der Waals surface area contributed by atoms with E-state index in [0.29, 0.717) is 5.69 Å². The minimum atomic E-state index is -4.45. The fourth-order valence-corrected chi connectivity index (χ4v) is 1.38. The topological polar surface area (TPSA) is 42.2 Å².